The molecule has 1 fully saturated rings. The zero-order valence-corrected chi connectivity index (χ0v) is 13.4. The van der Waals surface area contributed by atoms with Crippen LogP contribution in [0.1, 0.15) is 12.1 Å². The predicted molar refractivity (Wildman–Crippen MR) is 87.4 cm³/mol. The van der Waals surface area contributed by atoms with Crippen molar-refractivity contribution >= 4 is 45.6 Å². The van der Waals surface area contributed by atoms with Crippen molar-refractivity contribution in [3.05, 3.63) is 40.4 Å². The number of thiazole rings is 1. The van der Waals surface area contributed by atoms with Gasteiger partial charge in [0.25, 0.3) is 0 Å². The number of aromatic nitrogens is 1. The van der Waals surface area contributed by atoms with E-state index in [0.717, 1.165) is 11.4 Å². The molecule has 0 bridgehead atoms. The summed E-state index contributed by atoms with van der Waals surface area (Å²) in [6.07, 6.45) is 0.207. The minimum Gasteiger partial charge on any atom is -0.312 e. The Hall–Kier alpha value is -1.92. The molecule has 1 N–H and O–H groups in total. The molecule has 1 aromatic carbocycles. The van der Waals surface area contributed by atoms with Gasteiger partial charge in [-0.15, -0.1) is 11.3 Å². The van der Waals surface area contributed by atoms with Gasteiger partial charge in [-0.3, -0.25) is 9.59 Å². The normalized spacial score (nSPS) is 17.8. The second-order valence-electron chi connectivity index (χ2n) is 5.17. The van der Waals surface area contributed by atoms with Crippen LogP contribution in [0.5, 0.6) is 0 Å². The third kappa shape index (κ3) is 3.13. The first kappa shape index (κ1) is 15.0. The quantitative estimate of drug-likeness (QED) is 0.937. The fourth-order valence-electron chi connectivity index (χ4n) is 2.37. The SMILES string of the molecule is Cc1csc(NC(=O)[C@H]2CC(=O)N(c3ccc(Cl)cc3)C2)n1. The van der Waals surface area contributed by atoms with E-state index in [1.165, 1.54) is 11.3 Å². The molecule has 1 aliphatic rings. The lowest BCUT2D eigenvalue weighted by molar-refractivity contribution is -0.122. The number of carbonyl (C=O) groups excluding carboxylic acids is 2. The molecule has 0 spiro atoms. The number of rotatable bonds is 3. The van der Waals surface area contributed by atoms with Gasteiger partial charge in [0.1, 0.15) is 0 Å². The molecular weight excluding hydrogens is 322 g/mol. The standard InChI is InChI=1S/C15H14ClN3O2S/c1-9-8-22-15(17-9)18-14(21)10-6-13(20)19(7-10)12-4-2-11(16)3-5-12/h2-5,8,10H,6-7H2,1H3,(H,17,18,21)/t10-/m0/s1. The van der Waals surface area contributed by atoms with Gasteiger partial charge in [0.2, 0.25) is 11.8 Å². The Kier molecular flexibility index (Phi) is 4.13. The van der Waals surface area contributed by atoms with Gasteiger partial charge in [0.15, 0.2) is 5.13 Å². The molecule has 22 heavy (non-hydrogen) atoms. The number of hydrogen-bond acceptors (Lipinski definition) is 4. The van der Waals surface area contributed by atoms with Crippen molar-refractivity contribution in [2.75, 3.05) is 16.8 Å². The van der Waals surface area contributed by atoms with Crippen LogP contribution in [0.25, 0.3) is 0 Å². The van der Waals surface area contributed by atoms with Crippen molar-refractivity contribution in [2.45, 2.75) is 13.3 Å². The van der Waals surface area contributed by atoms with Crippen molar-refractivity contribution in [2.24, 2.45) is 5.92 Å². The molecule has 1 atom stereocenters. The highest BCUT2D eigenvalue weighted by Gasteiger charge is 2.35. The van der Waals surface area contributed by atoms with Crippen LogP contribution in [0.3, 0.4) is 0 Å². The number of hydrogen-bond donors (Lipinski definition) is 1. The van der Waals surface area contributed by atoms with Gasteiger partial charge in [-0.1, -0.05) is 11.6 Å². The maximum atomic E-state index is 12.3. The summed E-state index contributed by atoms with van der Waals surface area (Å²) in [6.45, 7) is 2.24. The number of nitrogens with zero attached hydrogens (tertiary/aromatic N) is 2. The average Bonchev–Trinajstić information content (AvgIpc) is 3.06. The number of anilines is 2. The first-order chi connectivity index (χ1) is 10.5. The van der Waals surface area contributed by atoms with Crippen molar-refractivity contribution in [1.29, 1.82) is 0 Å². The lowest BCUT2D eigenvalue weighted by atomic mass is 10.1. The molecule has 0 radical (unpaired) electrons. The number of nitrogens with one attached hydrogen (secondary N) is 1. The van der Waals surface area contributed by atoms with E-state index < -0.39 is 0 Å². The van der Waals surface area contributed by atoms with Crippen LogP contribution in [-0.2, 0) is 9.59 Å². The fraction of sp³-hybridized carbons (Fsp3) is 0.267. The fourth-order valence-corrected chi connectivity index (χ4v) is 3.19. The van der Waals surface area contributed by atoms with E-state index in [-0.39, 0.29) is 24.2 Å². The Labute approximate surface area is 136 Å². The second kappa shape index (κ2) is 6.06. The van der Waals surface area contributed by atoms with Crippen LogP contribution >= 0.6 is 22.9 Å². The summed E-state index contributed by atoms with van der Waals surface area (Å²) < 4.78 is 0. The number of amides is 2. The van der Waals surface area contributed by atoms with E-state index in [4.69, 9.17) is 11.6 Å². The topological polar surface area (TPSA) is 62.3 Å². The highest BCUT2D eigenvalue weighted by molar-refractivity contribution is 7.13. The molecule has 0 aliphatic carbocycles. The molecule has 7 heteroatoms. The molecule has 0 unspecified atom stereocenters. The molecule has 5 nitrogen and oxygen atoms in total. The van der Waals surface area contributed by atoms with Crippen molar-refractivity contribution in [3.8, 4) is 0 Å². The highest BCUT2D eigenvalue weighted by atomic mass is 35.5. The maximum Gasteiger partial charge on any atom is 0.231 e. The molecule has 114 valence electrons. The van der Waals surface area contributed by atoms with Crippen molar-refractivity contribution < 1.29 is 9.59 Å². The molecular formula is C15H14ClN3O2S. The monoisotopic (exact) mass is 335 g/mol. The summed E-state index contributed by atoms with van der Waals surface area (Å²) in [5, 5.41) is 5.83. The van der Waals surface area contributed by atoms with Crippen LogP contribution < -0.4 is 10.2 Å². The van der Waals surface area contributed by atoms with Gasteiger partial charge in [-0.2, -0.15) is 0 Å². The third-order valence-electron chi connectivity index (χ3n) is 3.48. The Morgan fingerprint density at radius 1 is 1.41 bits per heavy atom. The van der Waals surface area contributed by atoms with E-state index in [1.807, 2.05) is 12.3 Å². The van der Waals surface area contributed by atoms with Gasteiger partial charge in [0.05, 0.1) is 11.6 Å². The minimum atomic E-state index is -0.368. The Bertz CT molecular complexity index is 714. The molecule has 1 aromatic heterocycles. The minimum absolute atomic E-state index is 0.0576. The Balaban J connectivity index is 1.68. The van der Waals surface area contributed by atoms with Crippen LogP contribution in [-0.4, -0.2) is 23.3 Å². The van der Waals surface area contributed by atoms with Gasteiger partial charge in [-0.05, 0) is 31.2 Å². The number of carbonyl (C=O) groups is 2. The summed E-state index contributed by atoms with van der Waals surface area (Å²) in [4.78, 5) is 30.2. The lowest BCUT2D eigenvalue weighted by Crippen LogP contribution is -2.28. The molecule has 1 aliphatic heterocycles. The van der Waals surface area contributed by atoms with E-state index in [0.29, 0.717) is 16.7 Å². The Morgan fingerprint density at radius 2 is 2.14 bits per heavy atom. The Morgan fingerprint density at radius 3 is 2.77 bits per heavy atom. The van der Waals surface area contributed by atoms with Gasteiger partial charge in [-0.25, -0.2) is 4.98 Å². The molecule has 3 rings (SSSR count). The summed E-state index contributed by atoms with van der Waals surface area (Å²) in [7, 11) is 0. The lowest BCUT2D eigenvalue weighted by Gasteiger charge is -2.16. The molecule has 1 saturated heterocycles. The zero-order valence-electron chi connectivity index (χ0n) is 11.9. The highest BCUT2D eigenvalue weighted by Crippen LogP contribution is 2.27. The zero-order chi connectivity index (χ0) is 15.7. The second-order valence-corrected chi connectivity index (χ2v) is 6.46. The number of halogens is 1. The molecule has 2 aromatic rings. The van der Waals surface area contributed by atoms with Gasteiger partial charge >= 0.3 is 0 Å². The van der Waals surface area contributed by atoms with Crippen LogP contribution in [0, 0.1) is 12.8 Å². The summed E-state index contributed by atoms with van der Waals surface area (Å²) in [5.41, 5.74) is 1.63. The molecule has 2 heterocycles. The van der Waals surface area contributed by atoms with E-state index in [2.05, 4.69) is 10.3 Å². The third-order valence-corrected chi connectivity index (χ3v) is 4.61. The predicted octanol–water partition coefficient (Wildman–Crippen LogP) is 3.10. The average molecular weight is 336 g/mol. The summed E-state index contributed by atoms with van der Waals surface area (Å²) in [6, 6.07) is 7.03. The summed E-state index contributed by atoms with van der Waals surface area (Å²) >= 11 is 7.23. The largest absolute Gasteiger partial charge is 0.312 e. The smallest absolute Gasteiger partial charge is 0.231 e. The summed E-state index contributed by atoms with van der Waals surface area (Å²) in [5.74, 6) is -0.593. The first-order valence-corrected chi connectivity index (χ1v) is 8.07. The molecule has 2 amide bonds. The maximum absolute atomic E-state index is 12.3. The van der Waals surface area contributed by atoms with Crippen LogP contribution in [0.15, 0.2) is 29.6 Å². The van der Waals surface area contributed by atoms with E-state index in [9.17, 15) is 9.59 Å². The van der Waals surface area contributed by atoms with E-state index in [1.54, 1.807) is 29.2 Å². The van der Waals surface area contributed by atoms with Crippen molar-refractivity contribution in [3.63, 3.8) is 0 Å². The van der Waals surface area contributed by atoms with Crippen LogP contribution in [0.4, 0.5) is 10.8 Å². The van der Waals surface area contributed by atoms with Gasteiger partial charge < -0.3 is 10.2 Å². The number of aryl methyl sites for hydroxylation is 1. The van der Waals surface area contributed by atoms with Gasteiger partial charge in [0, 0.05) is 29.1 Å². The first-order valence-electron chi connectivity index (χ1n) is 6.82. The number of benzene rings is 1. The van der Waals surface area contributed by atoms with Crippen molar-refractivity contribution in [1.82, 2.24) is 4.98 Å². The molecule has 0 saturated carbocycles. The van der Waals surface area contributed by atoms with Crippen LogP contribution in [0.2, 0.25) is 5.02 Å². The van der Waals surface area contributed by atoms with E-state index >= 15 is 0 Å².